The molecule has 0 atom stereocenters. The van der Waals surface area contributed by atoms with E-state index >= 15 is 0 Å². The molecule has 146 valence electrons. The molecular formula is C21H25N5O2. The molecule has 1 aromatic carbocycles. The fraction of sp³-hybridized carbons (Fsp3) is 0.333. The second kappa shape index (κ2) is 8.41. The van der Waals surface area contributed by atoms with E-state index in [1.165, 1.54) is 0 Å². The van der Waals surface area contributed by atoms with Gasteiger partial charge in [-0.05, 0) is 24.3 Å². The lowest BCUT2D eigenvalue weighted by atomic mass is 10.2. The minimum atomic E-state index is 0.00190. The number of nitrogens with one attached hydrogen (secondary N) is 1. The lowest BCUT2D eigenvalue weighted by Crippen LogP contribution is -2.48. The smallest absolute Gasteiger partial charge is 0.238 e. The number of carbonyl (C=O) groups excluding carboxylic acids is 1. The summed E-state index contributed by atoms with van der Waals surface area (Å²) in [6, 6.07) is 13.4. The summed E-state index contributed by atoms with van der Waals surface area (Å²) in [6.07, 6.45) is 4.11. The Kier molecular flexibility index (Phi) is 5.55. The van der Waals surface area contributed by atoms with E-state index in [1.54, 1.807) is 7.11 Å². The molecule has 7 heteroatoms. The van der Waals surface area contributed by atoms with Crippen LogP contribution >= 0.6 is 0 Å². The van der Waals surface area contributed by atoms with Crippen LogP contribution in [-0.2, 0) is 11.3 Å². The molecule has 0 saturated carbocycles. The van der Waals surface area contributed by atoms with E-state index in [0.29, 0.717) is 6.54 Å². The molecule has 1 saturated heterocycles. The zero-order chi connectivity index (χ0) is 19.3. The molecule has 0 bridgehead atoms. The Labute approximate surface area is 164 Å². The average molecular weight is 379 g/mol. The fourth-order valence-electron chi connectivity index (χ4n) is 3.50. The number of anilines is 1. The SMILES string of the molecule is COc1cccc(NC(=O)CN2CCN(Cc3cn4ccccc4n3)CC2)c1. The predicted octanol–water partition coefficient (Wildman–Crippen LogP) is 2.10. The van der Waals surface area contributed by atoms with E-state index in [2.05, 4.69) is 30.7 Å². The van der Waals surface area contributed by atoms with Crippen molar-refractivity contribution in [3.05, 3.63) is 60.6 Å². The Bertz CT molecular complexity index is 914. The number of aromatic nitrogens is 2. The second-order valence-corrected chi connectivity index (χ2v) is 7.03. The van der Waals surface area contributed by atoms with E-state index in [-0.39, 0.29) is 5.91 Å². The summed E-state index contributed by atoms with van der Waals surface area (Å²) in [5.74, 6) is 0.736. The van der Waals surface area contributed by atoms with Gasteiger partial charge in [-0.25, -0.2) is 4.98 Å². The first-order valence-corrected chi connectivity index (χ1v) is 9.51. The highest BCUT2D eigenvalue weighted by atomic mass is 16.5. The number of hydrogen-bond acceptors (Lipinski definition) is 5. The summed E-state index contributed by atoms with van der Waals surface area (Å²) in [7, 11) is 1.62. The van der Waals surface area contributed by atoms with Crippen LogP contribution < -0.4 is 10.1 Å². The van der Waals surface area contributed by atoms with Crippen molar-refractivity contribution < 1.29 is 9.53 Å². The molecule has 7 nitrogen and oxygen atoms in total. The number of hydrogen-bond donors (Lipinski definition) is 1. The average Bonchev–Trinajstić information content (AvgIpc) is 3.12. The van der Waals surface area contributed by atoms with Crippen molar-refractivity contribution in [2.75, 3.05) is 45.2 Å². The monoisotopic (exact) mass is 379 g/mol. The van der Waals surface area contributed by atoms with Crippen molar-refractivity contribution in [2.45, 2.75) is 6.54 Å². The fourth-order valence-corrected chi connectivity index (χ4v) is 3.50. The van der Waals surface area contributed by atoms with Crippen LogP contribution in [0.1, 0.15) is 5.69 Å². The van der Waals surface area contributed by atoms with Crippen LogP contribution in [-0.4, -0.2) is 64.9 Å². The van der Waals surface area contributed by atoms with Crippen LogP contribution in [0.4, 0.5) is 5.69 Å². The predicted molar refractivity (Wildman–Crippen MR) is 109 cm³/mol. The molecule has 1 fully saturated rings. The third-order valence-corrected chi connectivity index (χ3v) is 4.99. The second-order valence-electron chi connectivity index (χ2n) is 7.03. The Morgan fingerprint density at radius 3 is 2.71 bits per heavy atom. The van der Waals surface area contributed by atoms with Crippen LogP contribution in [0.3, 0.4) is 0 Å². The Morgan fingerprint density at radius 1 is 1.11 bits per heavy atom. The van der Waals surface area contributed by atoms with Crippen LogP contribution in [0, 0.1) is 0 Å². The van der Waals surface area contributed by atoms with Crippen molar-refractivity contribution in [3.8, 4) is 5.75 Å². The largest absolute Gasteiger partial charge is 0.497 e. The van der Waals surface area contributed by atoms with Gasteiger partial charge in [-0.1, -0.05) is 12.1 Å². The molecule has 0 radical (unpaired) electrons. The van der Waals surface area contributed by atoms with E-state index in [9.17, 15) is 4.79 Å². The van der Waals surface area contributed by atoms with Gasteiger partial charge in [0.25, 0.3) is 0 Å². The highest BCUT2D eigenvalue weighted by molar-refractivity contribution is 5.92. The lowest BCUT2D eigenvalue weighted by Gasteiger charge is -2.33. The normalized spacial score (nSPS) is 15.6. The first kappa shape index (κ1) is 18.5. The summed E-state index contributed by atoms with van der Waals surface area (Å²) in [5, 5.41) is 2.94. The number of fused-ring (bicyclic) bond motifs is 1. The number of methoxy groups -OCH3 is 1. The number of imidazole rings is 1. The summed E-state index contributed by atoms with van der Waals surface area (Å²) in [6.45, 7) is 4.85. The van der Waals surface area contributed by atoms with Gasteiger partial charge in [-0.3, -0.25) is 14.6 Å². The van der Waals surface area contributed by atoms with Gasteiger partial charge in [-0.2, -0.15) is 0 Å². The molecule has 3 heterocycles. The van der Waals surface area contributed by atoms with Gasteiger partial charge in [0, 0.05) is 56.9 Å². The van der Waals surface area contributed by atoms with Crippen LogP contribution in [0.25, 0.3) is 5.65 Å². The summed E-state index contributed by atoms with van der Waals surface area (Å²) in [5.41, 5.74) is 2.82. The number of piperazine rings is 1. The van der Waals surface area contributed by atoms with E-state index < -0.39 is 0 Å². The van der Waals surface area contributed by atoms with E-state index in [4.69, 9.17) is 4.74 Å². The number of carbonyl (C=O) groups is 1. The summed E-state index contributed by atoms with van der Waals surface area (Å²) < 4.78 is 7.24. The molecule has 1 N–H and O–H groups in total. The number of ether oxygens (including phenoxy) is 1. The highest BCUT2D eigenvalue weighted by Crippen LogP contribution is 2.17. The zero-order valence-corrected chi connectivity index (χ0v) is 16.0. The van der Waals surface area contributed by atoms with Crippen molar-refractivity contribution in [3.63, 3.8) is 0 Å². The van der Waals surface area contributed by atoms with Gasteiger partial charge >= 0.3 is 0 Å². The topological polar surface area (TPSA) is 62.1 Å². The number of rotatable bonds is 6. The molecular weight excluding hydrogens is 354 g/mol. The van der Waals surface area contributed by atoms with Crippen molar-refractivity contribution in [1.29, 1.82) is 0 Å². The number of amides is 1. The first-order valence-electron chi connectivity index (χ1n) is 9.51. The van der Waals surface area contributed by atoms with E-state index in [1.807, 2.05) is 48.7 Å². The number of nitrogens with zero attached hydrogens (tertiary/aromatic N) is 4. The third-order valence-electron chi connectivity index (χ3n) is 4.99. The van der Waals surface area contributed by atoms with Gasteiger partial charge in [-0.15, -0.1) is 0 Å². The van der Waals surface area contributed by atoms with Crippen molar-refractivity contribution >= 4 is 17.2 Å². The first-order chi connectivity index (χ1) is 13.7. The molecule has 0 unspecified atom stereocenters. The molecule has 0 spiro atoms. The molecule has 1 aliphatic heterocycles. The van der Waals surface area contributed by atoms with Gasteiger partial charge in [0.1, 0.15) is 11.4 Å². The standard InChI is InChI=1S/C21H25N5O2/c1-28-19-6-4-5-17(13-19)23-21(27)16-25-11-9-24(10-12-25)14-18-15-26-8-3-2-7-20(26)22-18/h2-8,13,15H,9-12,14,16H2,1H3,(H,23,27). The van der Waals surface area contributed by atoms with Gasteiger partial charge in [0.15, 0.2) is 0 Å². The molecule has 3 aromatic rings. The van der Waals surface area contributed by atoms with Crippen LogP contribution in [0.5, 0.6) is 5.75 Å². The molecule has 4 rings (SSSR count). The summed E-state index contributed by atoms with van der Waals surface area (Å²) >= 11 is 0. The molecule has 28 heavy (non-hydrogen) atoms. The highest BCUT2D eigenvalue weighted by Gasteiger charge is 2.20. The minimum Gasteiger partial charge on any atom is -0.497 e. The molecule has 1 amide bonds. The molecule has 1 aliphatic rings. The van der Waals surface area contributed by atoms with Gasteiger partial charge < -0.3 is 14.5 Å². The maximum atomic E-state index is 12.3. The maximum Gasteiger partial charge on any atom is 0.238 e. The number of pyridine rings is 1. The zero-order valence-electron chi connectivity index (χ0n) is 16.0. The maximum absolute atomic E-state index is 12.3. The lowest BCUT2D eigenvalue weighted by molar-refractivity contribution is -0.117. The summed E-state index contributed by atoms with van der Waals surface area (Å²) in [4.78, 5) is 21.6. The minimum absolute atomic E-state index is 0.00190. The van der Waals surface area contributed by atoms with Crippen molar-refractivity contribution in [2.24, 2.45) is 0 Å². The van der Waals surface area contributed by atoms with E-state index in [0.717, 1.165) is 55.5 Å². The van der Waals surface area contributed by atoms with Crippen molar-refractivity contribution in [1.82, 2.24) is 19.2 Å². The Balaban J connectivity index is 1.25. The van der Waals surface area contributed by atoms with Gasteiger partial charge in [0.05, 0.1) is 19.3 Å². The molecule has 2 aromatic heterocycles. The van der Waals surface area contributed by atoms with Crippen LogP contribution in [0.15, 0.2) is 54.9 Å². The van der Waals surface area contributed by atoms with Gasteiger partial charge in [0.2, 0.25) is 5.91 Å². The number of benzene rings is 1. The quantitative estimate of drug-likeness (QED) is 0.711. The Morgan fingerprint density at radius 2 is 1.93 bits per heavy atom. The van der Waals surface area contributed by atoms with Crippen LogP contribution in [0.2, 0.25) is 0 Å². The molecule has 0 aliphatic carbocycles. The Hall–Kier alpha value is -2.90. The third kappa shape index (κ3) is 4.49.